The fraction of sp³-hybridized carbons (Fsp3) is 0.333. The largest absolute Gasteiger partial charge is 0.325 e. The highest BCUT2D eigenvalue weighted by Gasteiger charge is 2.46. The van der Waals surface area contributed by atoms with Crippen LogP contribution in [0.25, 0.3) is 11.3 Å². The molecule has 1 atom stereocenters. The third-order valence-corrected chi connectivity index (χ3v) is 6.87. The Morgan fingerprint density at radius 3 is 2.73 bits per heavy atom. The first-order chi connectivity index (χ1) is 15.9. The van der Waals surface area contributed by atoms with Crippen LogP contribution in [0.2, 0.25) is 5.02 Å². The number of hydrogen-bond donors (Lipinski definition) is 1. The lowest BCUT2D eigenvalue weighted by Gasteiger charge is -2.31. The average molecular weight is 488 g/mol. The molecule has 6 nitrogen and oxygen atoms in total. The van der Waals surface area contributed by atoms with Crippen molar-refractivity contribution < 1.29 is 13.9 Å². The second-order valence-corrected chi connectivity index (χ2v) is 9.37. The Balaban J connectivity index is 1.90. The maximum atomic E-state index is 15.1. The quantitative estimate of drug-likeness (QED) is 0.286. The van der Waals surface area contributed by atoms with Gasteiger partial charge in [0.1, 0.15) is 5.82 Å². The van der Waals surface area contributed by atoms with Crippen LogP contribution in [-0.2, 0) is 4.79 Å². The molecular formula is C24H25ClFN4O2S+. The number of unbranched alkanes of at least 4 members (excludes halogenated alkanes) is 3. The van der Waals surface area contributed by atoms with Gasteiger partial charge >= 0.3 is 11.3 Å². The van der Waals surface area contributed by atoms with E-state index in [1.165, 1.54) is 40.4 Å². The highest BCUT2D eigenvalue weighted by molar-refractivity contribution is 7.99. The van der Waals surface area contributed by atoms with Crippen LogP contribution in [0, 0.1) is 5.82 Å². The Labute approximate surface area is 200 Å². The zero-order valence-corrected chi connectivity index (χ0v) is 20.0. The summed E-state index contributed by atoms with van der Waals surface area (Å²) < 4.78 is 16.5. The normalized spacial score (nSPS) is 14.7. The van der Waals surface area contributed by atoms with Crippen molar-refractivity contribution in [3.05, 3.63) is 69.2 Å². The van der Waals surface area contributed by atoms with Crippen LogP contribution in [0.15, 0.2) is 52.4 Å². The maximum absolute atomic E-state index is 15.1. The lowest BCUT2D eigenvalue weighted by Crippen LogP contribution is -2.61. The monoisotopic (exact) mass is 487 g/mol. The molecule has 1 N–H and O–H groups in total. The number of carbonyl (C=O) groups excluding carboxylic acids is 1. The zero-order chi connectivity index (χ0) is 23.5. The summed E-state index contributed by atoms with van der Waals surface area (Å²) in [4.78, 5) is 30.4. The van der Waals surface area contributed by atoms with E-state index in [4.69, 9.17) is 11.6 Å². The van der Waals surface area contributed by atoms with E-state index >= 15 is 4.39 Å². The first-order valence-electron chi connectivity index (χ1n) is 11.0. The molecule has 0 saturated carbocycles. The van der Waals surface area contributed by atoms with E-state index in [1.807, 2.05) is 0 Å². The summed E-state index contributed by atoms with van der Waals surface area (Å²) in [6.45, 7) is 3.56. The standard InChI is InChI=1S/C24H24ClFN4O2S/c1-3-4-5-8-14-33-24-27-22(32)21-16-10-6-7-13-19(16)29(15(2)31)23(30(21)28-24)20-17(25)11-9-12-18(20)26/h6-7,9-13,23H,3-5,8,14H2,1-2H3/p+1/t23-/m0/s1. The Hall–Kier alpha value is -2.71. The van der Waals surface area contributed by atoms with E-state index < -0.39 is 12.0 Å². The van der Waals surface area contributed by atoms with Crippen LogP contribution in [0.3, 0.4) is 0 Å². The van der Waals surface area contributed by atoms with Crippen LogP contribution < -0.4 is 15.1 Å². The van der Waals surface area contributed by atoms with Crippen LogP contribution in [-0.4, -0.2) is 21.7 Å². The second-order valence-electron chi connectivity index (χ2n) is 7.88. The van der Waals surface area contributed by atoms with Gasteiger partial charge in [-0.25, -0.2) is 9.29 Å². The molecule has 2 aromatic carbocycles. The lowest BCUT2D eigenvalue weighted by molar-refractivity contribution is -0.763. The predicted octanol–water partition coefficient (Wildman–Crippen LogP) is 5.10. The number of anilines is 1. The Morgan fingerprint density at radius 1 is 1.21 bits per heavy atom. The molecule has 1 aliphatic heterocycles. The van der Waals surface area contributed by atoms with E-state index in [0.717, 1.165) is 31.4 Å². The van der Waals surface area contributed by atoms with Crippen molar-refractivity contribution in [1.29, 1.82) is 0 Å². The number of aromatic amines is 1. The molecule has 2 heterocycles. The minimum atomic E-state index is -1.04. The molecule has 9 heteroatoms. The van der Waals surface area contributed by atoms with Crippen molar-refractivity contribution in [3.63, 3.8) is 0 Å². The number of rotatable bonds is 7. The van der Waals surface area contributed by atoms with E-state index in [9.17, 15) is 9.59 Å². The summed E-state index contributed by atoms with van der Waals surface area (Å²) in [5, 5.41) is 5.24. The number of aromatic nitrogens is 3. The lowest BCUT2D eigenvalue weighted by atomic mass is 10.0. The highest BCUT2D eigenvalue weighted by Crippen LogP contribution is 2.39. The average Bonchev–Trinajstić information content (AvgIpc) is 2.78. The van der Waals surface area contributed by atoms with Crippen molar-refractivity contribution in [3.8, 4) is 11.3 Å². The van der Waals surface area contributed by atoms with Gasteiger partial charge in [-0.3, -0.25) is 14.6 Å². The topological polar surface area (TPSA) is 69.9 Å². The van der Waals surface area contributed by atoms with Crippen LogP contribution in [0.5, 0.6) is 0 Å². The number of H-pyrrole nitrogens is 1. The minimum absolute atomic E-state index is 0.0899. The van der Waals surface area contributed by atoms with Crippen molar-refractivity contribution >= 4 is 35.0 Å². The van der Waals surface area contributed by atoms with Crippen LogP contribution in [0.1, 0.15) is 51.3 Å². The van der Waals surface area contributed by atoms with E-state index in [2.05, 4.69) is 17.0 Å². The molecule has 172 valence electrons. The molecule has 33 heavy (non-hydrogen) atoms. The molecule has 1 aliphatic rings. The SMILES string of the molecule is CCCCCCSc1n[n+]2c(c(=O)[nH]1)-c1ccccc1N(C(C)=O)[C@@H]2c1c(F)cccc1Cl. The van der Waals surface area contributed by atoms with Gasteiger partial charge in [-0.2, -0.15) is 0 Å². The number of hydrogen-bond acceptors (Lipinski definition) is 4. The first-order valence-corrected chi connectivity index (χ1v) is 12.3. The summed E-state index contributed by atoms with van der Waals surface area (Å²) in [5.41, 5.74) is 1.04. The van der Waals surface area contributed by atoms with E-state index in [1.54, 1.807) is 30.3 Å². The molecule has 0 fully saturated rings. The highest BCUT2D eigenvalue weighted by atomic mass is 35.5. The number of para-hydroxylation sites is 1. The molecule has 3 aromatic rings. The molecule has 0 spiro atoms. The fourth-order valence-electron chi connectivity index (χ4n) is 4.09. The number of halogens is 2. The zero-order valence-electron chi connectivity index (χ0n) is 18.5. The van der Waals surface area contributed by atoms with Gasteiger partial charge in [-0.15, -0.1) is 0 Å². The molecule has 0 bridgehead atoms. The first kappa shape index (κ1) is 23.4. The van der Waals surface area contributed by atoms with Crippen molar-refractivity contribution in [2.24, 2.45) is 0 Å². The number of amides is 1. The van der Waals surface area contributed by atoms with E-state index in [-0.39, 0.29) is 27.7 Å². The van der Waals surface area contributed by atoms with Gasteiger partial charge in [0.25, 0.3) is 6.17 Å². The minimum Gasteiger partial charge on any atom is -0.291 e. The Morgan fingerprint density at radius 2 is 2.00 bits per heavy atom. The van der Waals surface area contributed by atoms with Gasteiger partial charge < -0.3 is 0 Å². The fourth-order valence-corrected chi connectivity index (χ4v) is 5.21. The summed E-state index contributed by atoms with van der Waals surface area (Å²) in [6, 6.07) is 11.4. The van der Waals surface area contributed by atoms with Gasteiger partial charge in [0.15, 0.2) is 0 Å². The molecule has 0 saturated heterocycles. The van der Waals surface area contributed by atoms with Crippen molar-refractivity contribution in [1.82, 2.24) is 10.1 Å². The molecule has 1 amide bonds. The summed E-state index contributed by atoms with van der Waals surface area (Å²) in [7, 11) is 0. The molecular weight excluding hydrogens is 463 g/mol. The van der Waals surface area contributed by atoms with Gasteiger partial charge in [0, 0.05) is 17.8 Å². The Kier molecular flexibility index (Phi) is 7.14. The molecule has 0 unspecified atom stereocenters. The van der Waals surface area contributed by atoms with E-state index in [0.29, 0.717) is 16.4 Å². The molecule has 0 radical (unpaired) electrons. The molecule has 1 aromatic heterocycles. The number of nitrogens with zero attached hydrogens (tertiary/aromatic N) is 3. The molecule has 4 rings (SSSR count). The number of benzene rings is 2. The van der Waals surface area contributed by atoms with Crippen molar-refractivity contribution in [2.75, 3.05) is 10.7 Å². The third kappa shape index (κ3) is 4.54. The Bertz CT molecular complexity index is 1230. The summed E-state index contributed by atoms with van der Waals surface area (Å²) in [5.74, 6) is -0.103. The number of thioether (sulfide) groups is 1. The summed E-state index contributed by atoms with van der Waals surface area (Å²) >= 11 is 7.86. The predicted molar refractivity (Wildman–Crippen MR) is 128 cm³/mol. The van der Waals surface area contributed by atoms with Gasteiger partial charge in [0.05, 0.1) is 21.8 Å². The van der Waals surface area contributed by atoms with Crippen molar-refractivity contribution in [2.45, 2.75) is 50.9 Å². The van der Waals surface area contributed by atoms with Crippen LogP contribution in [0.4, 0.5) is 10.1 Å². The number of nitrogens with one attached hydrogen (secondary N) is 1. The smallest absolute Gasteiger partial charge is 0.291 e. The van der Waals surface area contributed by atoms with Gasteiger partial charge in [-0.1, -0.05) is 67.7 Å². The second kappa shape index (κ2) is 10.1. The van der Waals surface area contributed by atoms with Gasteiger partial charge in [-0.05, 0) is 35.4 Å². The number of fused-ring (bicyclic) bond motifs is 3. The maximum Gasteiger partial charge on any atom is 0.325 e. The summed E-state index contributed by atoms with van der Waals surface area (Å²) in [6.07, 6.45) is 3.35. The number of carbonyl (C=O) groups is 1. The van der Waals surface area contributed by atoms with Crippen LogP contribution >= 0.6 is 23.4 Å². The third-order valence-electron chi connectivity index (χ3n) is 5.59. The molecule has 0 aliphatic carbocycles. The van der Waals surface area contributed by atoms with Gasteiger partial charge in [0.2, 0.25) is 11.1 Å².